The molecule has 108 valence electrons. The minimum absolute atomic E-state index is 0.0361. The largest absolute Gasteiger partial charge is 0.377 e. The lowest BCUT2D eigenvalue weighted by molar-refractivity contribution is -0.0349. The van der Waals surface area contributed by atoms with Gasteiger partial charge in [0.1, 0.15) is 0 Å². The van der Waals surface area contributed by atoms with Crippen LogP contribution >= 0.6 is 0 Å². The molecule has 1 unspecified atom stereocenters. The molecule has 0 aromatic rings. The minimum Gasteiger partial charge on any atom is -0.377 e. The Hall–Kier alpha value is -1.17. The second kappa shape index (κ2) is 6.32. The zero-order chi connectivity index (χ0) is 13.7. The molecule has 0 bridgehead atoms. The molecule has 6 heteroatoms. The third-order valence-electron chi connectivity index (χ3n) is 3.63. The van der Waals surface area contributed by atoms with Gasteiger partial charge in [0.2, 0.25) is 0 Å². The highest BCUT2D eigenvalue weighted by molar-refractivity contribution is 5.74. The molecule has 1 atom stereocenters. The van der Waals surface area contributed by atoms with Gasteiger partial charge >= 0.3 is 6.03 Å². The van der Waals surface area contributed by atoms with E-state index in [9.17, 15) is 13.6 Å². The average molecular weight is 274 g/mol. The molecule has 1 aliphatic heterocycles. The van der Waals surface area contributed by atoms with Gasteiger partial charge in [0.25, 0.3) is 5.92 Å². The molecule has 2 N–H and O–H groups in total. The molecular weight excluding hydrogens is 254 g/mol. The maximum Gasteiger partial charge on any atom is 0.315 e. The molecule has 1 fully saturated rings. The standard InChI is InChI=1S/C13H20F2N2O2/c14-13(15)5-1-4-11(13)8-17-12(18)16-7-10-3-2-6-19-9-10/h3,11H,1-2,4-9H2,(H2,16,17,18). The number of amides is 2. The quantitative estimate of drug-likeness (QED) is 0.771. The molecule has 0 radical (unpaired) electrons. The van der Waals surface area contributed by atoms with Crippen molar-refractivity contribution < 1.29 is 18.3 Å². The third-order valence-corrected chi connectivity index (χ3v) is 3.63. The zero-order valence-corrected chi connectivity index (χ0v) is 10.9. The molecule has 4 nitrogen and oxygen atoms in total. The van der Waals surface area contributed by atoms with E-state index in [1.165, 1.54) is 0 Å². The second-order valence-corrected chi connectivity index (χ2v) is 5.12. The molecule has 1 heterocycles. The van der Waals surface area contributed by atoms with Crippen LogP contribution in [0.25, 0.3) is 0 Å². The summed E-state index contributed by atoms with van der Waals surface area (Å²) in [6.07, 6.45) is 3.84. The number of carbonyl (C=O) groups excluding carboxylic acids is 1. The van der Waals surface area contributed by atoms with Crippen LogP contribution in [0.3, 0.4) is 0 Å². The SMILES string of the molecule is O=C(NCC1=CCCOC1)NCC1CCCC1(F)F. The fraction of sp³-hybridized carbons (Fsp3) is 0.769. The Kier molecular flexibility index (Phi) is 4.74. The van der Waals surface area contributed by atoms with Crippen LogP contribution in [0.5, 0.6) is 0 Å². The van der Waals surface area contributed by atoms with Crippen LogP contribution in [-0.2, 0) is 4.74 Å². The van der Waals surface area contributed by atoms with Crippen LogP contribution < -0.4 is 10.6 Å². The molecule has 0 spiro atoms. The Morgan fingerprint density at radius 2 is 2.32 bits per heavy atom. The van der Waals surface area contributed by atoms with Crippen LogP contribution in [-0.4, -0.2) is 38.3 Å². The van der Waals surface area contributed by atoms with Gasteiger partial charge < -0.3 is 15.4 Å². The van der Waals surface area contributed by atoms with Gasteiger partial charge in [0.05, 0.1) is 13.2 Å². The Labute approximate surface area is 111 Å². The van der Waals surface area contributed by atoms with Crippen molar-refractivity contribution in [3.05, 3.63) is 11.6 Å². The number of nitrogens with one attached hydrogen (secondary N) is 2. The summed E-state index contributed by atoms with van der Waals surface area (Å²) in [6, 6.07) is -0.394. The molecule has 0 aromatic carbocycles. The van der Waals surface area contributed by atoms with Crippen molar-refractivity contribution >= 4 is 6.03 Å². The van der Waals surface area contributed by atoms with Gasteiger partial charge in [-0.15, -0.1) is 0 Å². The third kappa shape index (κ3) is 4.16. The van der Waals surface area contributed by atoms with Gasteiger partial charge in [-0.25, -0.2) is 13.6 Å². The van der Waals surface area contributed by atoms with Crippen LogP contribution in [0.2, 0.25) is 0 Å². The van der Waals surface area contributed by atoms with Crippen molar-refractivity contribution in [3.8, 4) is 0 Å². The van der Waals surface area contributed by atoms with Crippen LogP contribution in [0.1, 0.15) is 25.7 Å². The Morgan fingerprint density at radius 1 is 1.47 bits per heavy atom. The van der Waals surface area contributed by atoms with Crippen LogP contribution in [0.15, 0.2) is 11.6 Å². The molecule has 0 saturated heterocycles. The van der Waals surface area contributed by atoms with Gasteiger partial charge in [-0.1, -0.05) is 6.08 Å². The predicted octanol–water partition coefficient (Wildman–Crippen LogP) is 2.07. The Balaban J connectivity index is 1.66. The number of rotatable bonds is 4. The zero-order valence-electron chi connectivity index (χ0n) is 10.9. The van der Waals surface area contributed by atoms with Crippen LogP contribution in [0, 0.1) is 5.92 Å². The van der Waals surface area contributed by atoms with Crippen LogP contribution in [0.4, 0.5) is 13.6 Å². The molecule has 1 saturated carbocycles. The molecule has 0 aromatic heterocycles. The molecule has 19 heavy (non-hydrogen) atoms. The lowest BCUT2D eigenvalue weighted by atomic mass is 10.1. The highest BCUT2D eigenvalue weighted by Crippen LogP contribution is 2.39. The first-order chi connectivity index (χ1) is 9.08. The summed E-state index contributed by atoms with van der Waals surface area (Å²) in [5, 5.41) is 5.18. The number of alkyl halides is 2. The van der Waals surface area contributed by atoms with Gasteiger partial charge in [0.15, 0.2) is 0 Å². The first kappa shape index (κ1) is 14.2. The summed E-state index contributed by atoms with van der Waals surface area (Å²) in [5.41, 5.74) is 1.02. The van der Waals surface area contributed by atoms with Crippen molar-refractivity contribution in [2.45, 2.75) is 31.6 Å². The minimum atomic E-state index is -2.63. The van der Waals surface area contributed by atoms with E-state index in [4.69, 9.17) is 4.74 Å². The van der Waals surface area contributed by atoms with Gasteiger partial charge in [-0.2, -0.15) is 0 Å². The van der Waals surface area contributed by atoms with Gasteiger partial charge in [-0.3, -0.25) is 0 Å². The van der Waals surface area contributed by atoms with E-state index >= 15 is 0 Å². The topological polar surface area (TPSA) is 50.4 Å². The van der Waals surface area contributed by atoms with Crippen molar-refractivity contribution in [3.63, 3.8) is 0 Å². The first-order valence-electron chi connectivity index (χ1n) is 6.73. The van der Waals surface area contributed by atoms with E-state index in [0.29, 0.717) is 32.6 Å². The average Bonchev–Trinajstić information content (AvgIpc) is 2.74. The number of hydrogen-bond donors (Lipinski definition) is 2. The normalized spacial score (nSPS) is 25.8. The predicted molar refractivity (Wildman–Crippen MR) is 67.2 cm³/mol. The first-order valence-corrected chi connectivity index (χ1v) is 6.73. The lowest BCUT2D eigenvalue weighted by Crippen LogP contribution is -2.42. The molecule has 2 aliphatic rings. The van der Waals surface area contributed by atoms with Crippen molar-refractivity contribution in [2.75, 3.05) is 26.3 Å². The van der Waals surface area contributed by atoms with E-state index in [1.54, 1.807) is 0 Å². The van der Waals surface area contributed by atoms with Crippen molar-refractivity contribution in [1.29, 1.82) is 0 Å². The van der Waals surface area contributed by atoms with E-state index in [0.717, 1.165) is 12.0 Å². The fourth-order valence-corrected chi connectivity index (χ4v) is 2.45. The monoisotopic (exact) mass is 274 g/mol. The summed E-state index contributed by atoms with van der Waals surface area (Å²) < 4.78 is 31.9. The summed E-state index contributed by atoms with van der Waals surface area (Å²) in [7, 11) is 0. The van der Waals surface area contributed by atoms with E-state index < -0.39 is 17.9 Å². The summed E-state index contributed by atoms with van der Waals surface area (Å²) in [4.78, 5) is 11.5. The lowest BCUT2D eigenvalue weighted by Gasteiger charge is -2.20. The maximum atomic E-state index is 13.3. The molecule has 1 aliphatic carbocycles. The smallest absolute Gasteiger partial charge is 0.315 e. The Morgan fingerprint density at radius 3 is 2.95 bits per heavy atom. The van der Waals surface area contributed by atoms with E-state index in [2.05, 4.69) is 10.6 Å². The summed E-state index contributed by atoms with van der Waals surface area (Å²) in [5.74, 6) is -3.36. The molecular formula is C13H20F2N2O2. The number of halogens is 2. The number of urea groups is 1. The van der Waals surface area contributed by atoms with E-state index in [-0.39, 0.29) is 13.0 Å². The van der Waals surface area contributed by atoms with E-state index in [1.807, 2.05) is 6.08 Å². The highest BCUT2D eigenvalue weighted by Gasteiger charge is 2.43. The summed E-state index contributed by atoms with van der Waals surface area (Å²) in [6.45, 7) is 1.69. The molecule has 2 amide bonds. The fourth-order valence-electron chi connectivity index (χ4n) is 2.45. The summed E-state index contributed by atoms with van der Waals surface area (Å²) >= 11 is 0. The highest BCUT2D eigenvalue weighted by atomic mass is 19.3. The van der Waals surface area contributed by atoms with Crippen molar-refractivity contribution in [2.24, 2.45) is 5.92 Å². The van der Waals surface area contributed by atoms with Crippen molar-refractivity contribution in [1.82, 2.24) is 10.6 Å². The second-order valence-electron chi connectivity index (χ2n) is 5.12. The maximum absolute atomic E-state index is 13.3. The molecule has 2 rings (SSSR count). The van der Waals surface area contributed by atoms with Gasteiger partial charge in [-0.05, 0) is 24.8 Å². The number of hydrogen-bond acceptors (Lipinski definition) is 2. The van der Waals surface area contributed by atoms with Gasteiger partial charge in [0, 0.05) is 25.4 Å². The number of ether oxygens (including phenoxy) is 1. The number of carbonyl (C=O) groups is 1. The Bertz CT molecular complexity index is 359.